The third-order valence-corrected chi connectivity index (χ3v) is 3.25. The highest BCUT2D eigenvalue weighted by Gasteiger charge is 2.32. The smallest absolute Gasteiger partial charge is 0.172 e. The Bertz CT molecular complexity index is 531. The van der Waals surface area contributed by atoms with Gasteiger partial charge in [-0.2, -0.15) is 0 Å². The standard InChI is InChI=1S/C14H20FN3O2/c1-9-7-18(8-14(2,3)20-9)12-5-4-10(15)6-11(12)13(16)17-19/h4-6,9,19H,7-8H2,1-3H3,(H2,16,17). The molecule has 0 radical (unpaired) electrons. The largest absolute Gasteiger partial charge is 0.409 e. The zero-order chi connectivity index (χ0) is 14.9. The number of benzene rings is 1. The van der Waals surface area contributed by atoms with E-state index < -0.39 is 5.82 Å². The number of nitrogens with two attached hydrogens (primary N) is 1. The Labute approximate surface area is 117 Å². The fourth-order valence-corrected chi connectivity index (χ4v) is 2.68. The molecule has 110 valence electrons. The highest BCUT2D eigenvalue weighted by molar-refractivity contribution is 6.02. The first-order chi connectivity index (χ1) is 9.32. The second-order valence-electron chi connectivity index (χ2n) is 5.72. The molecule has 1 heterocycles. The molecule has 6 heteroatoms. The Morgan fingerprint density at radius 1 is 1.55 bits per heavy atom. The minimum absolute atomic E-state index is 0.0453. The predicted octanol–water partition coefficient (Wildman–Crippen LogP) is 1.92. The molecule has 2 rings (SSSR count). The van der Waals surface area contributed by atoms with Gasteiger partial charge in [-0.25, -0.2) is 4.39 Å². The minimum Gasteiger partial charge on any atom is -0.409 e. The normalized spacial score (nSPS) is 22.9. The van der Waals surface area contributed by atoms with E-state index in [2.05, 4.69) is 10.1 Å². The van der Waals surface area contributed by atoms with Gasteiger partial charge in [-0.1, -0.05) is 5.16 Å². The molecule has 1 aliphatic heterocycles. The van der Waals surface area contributed by atoms with Crippen molar-refractivity contribution in [2.75, 3.05) is 18.0 Å². The van der Waals surface area contributed by atoms with Crippen LogP contribution >= 0.6 is 0 Å². The summed E-state index contributed by atoms with van der Waals surface area (Å²) in [6.45, 7) is 7.31. The lowest BCUT2D eigenvalue weighted by Crippen LogP contribution is -2.52. The monoisotopic (exact) mass is 281 g/mol. The van der Waals surface area contributed by atoms with Gasteiger partial charge in [0, 0.05) is 24.3 Å². The summed E-state index contributed by atoms with van der Waals surface area (Å²) in [5.41, 5.74) is 6.46. The summed E-state index contributed by atoms with van der Waals surface area (Å²) in [6, 6.07) is 4.30. The third kappa shape index (κ3) is 3.01. The summed E-state index contributed by atoms with van der Waals surface area (Å²) >= 11 is 0. The Morgan fingerprint density at radius 2 is 2.25 bits per heavy atom. The number of oxime groups is 1. The molecule has 0 saturated carbocycles. The van der Waals surface area contributed by atoms with Gasteiger partial charge >= 0.3 is 0 Å². The molecule has 3 N–H and O–H groups in total. The van der Waals surface area contributed by atoms with Gasteiger partial charge in [0.1, 0.15) is 5.82 Å². The molecule has 1 atom stereocenters. The number of halogens is 1. The topological polar surface area (TPSA) is 71.1 Å². The molecule has 0 aliphatic carbocycles. The van der Waals surface area contributed by atoms with Crippen LogP contribution in [0, 0.1) is 5.82 Å². The van der Waals surface area contributed by atoms with Gasteiger partial charge in [0.15, 0.2) is 5.84 Å². The summed E-state index contributed by atoms with van der Waals surface area (Å²) in [5.74, 6) is -0.521. The van der Waals surface area contributed by atoms with E-state index in [1.54, 1.807) is 6.07 Å². The van der Waals surface area contributed by atoms with E-state index in [-0.39, 0.29) is 17.5 Å². The van der Waals surface area contributed by atoms with E-state index in [4.69, 9.17) is 15.7 Å². The van der Waals surface area contributed by atoms with Crippen molar-refractivity contribution in [3.63, 3.8) is 0 Å². The maximum atomic E-state index is 13.4. The average molecular weight is 281 g/mol. The van der Waals surface area contributed by atoms with Gasteiger partial charge in [-0.05, 0) is 39.0 Å². The predicted molar refractivity (Wildman–Crippen MR) is 75.7 cm³/mol. The molecule has 0 amide bonds. The van der Waals surface area contributed by atoms with E-state index in [1.165, 1.54) is 12.1 Å². The number of hydrogen-bond donors (Lipinski definition) is 2. The Kier molecular flexibility index (Phi) is 3.85. The van der Waals surface area contributed by atoms with Crippen LogP contribution in [0.15, 0.2) is 23.4 Å². The van der Waals surface area contributed by atoms with Crippen LogP contribution < -0.4 is 10.6 Å². The fourth-order valence-electron chi connectivity index (χ4n) is 2.68. The quantitative estimate of drug-likeness (QED) is 0.376. The number of hydrogen-bond acceptors (Lipinski definition) is 4. The first kappa shape index (κ1) is 14.6. The number of amidine groups is 1. The summed E-state index contributed by atoms with van der Waals surface area (Å²) in [4.78, 5) is 2.07. The first-order valence-electron chi connectivity index (χ1n) is 6.52. The van der Waals surface area contributed by atoms with Gasteiger partial charge in [-0.3, -0.25) is 0 Å². The number of anilines is 1. The van der Waals surface area contributed by atoms with Crippen molar-refractivity contribution in [3.8, 4) is 0 Å². The molecular formula is C14H20FN3O2. The lowest BCUT2D eigenvalue weighted by molar-refractivity contribution is -0.0749. The van der Waals surface area contributed by atoms with E-state index in [0.717, 1.165) is 5.69 Å². The van der Waals surface area contributed by atoms with Crippen molar-refractivity contribution in [1.82, 2.24) is 0 Å². The van der Waals surface area contributed by atoms with Crippen molar-refractivity contribution in [2.45, 2.75) is 32.5 Å². The zero-order valence-corrected chi connectivity index (χ0v) is 11.9. The summed E-state index contributed by atoms with van der Waals surface area (Å²) in [6.07, 6.45) is 0.0453. The van der Waals surface area contributed by atoms with Crippen LogP contribution in [0.3, 0.4) is 0 Å². The van der Waals surface area contributed by atoms with E-state index in [0.29, 0.717) is 18.7 Å². The second-order valence-corrected chi connectivity index (χ2v) is 5.72. The lowest BCUT2D eigenvalue weighted by atomic mass is 10.0. The van der Waals surface area contributed by atoms with Gasteiger partial charge in [0.25, 0.3) is 0 Å². The van der Waals surface area contributed by atoms with Crippen LogP contribution in [0.1, 0.15) is 26.3 Å². The van der Waals surface area contributed by atoms with E-state index >= 15 is 0 Å². The summed E-state index contributed by atoms with van der Waals surface area (Å²) in [7, 11) is 0. The molecule has 0 aromatic heterocycles. The molecule has 1 aliphatic rings. The Balaban J connectivity index is 2.42. The summed E-state index contributed by atoms with van der Waals surface area (Å²) in [5, 5.41) is 11.8. The lowest BCUT2D eigenvalue weighted by Gasteiger charge is -2.43. The maximum Gasteiger partial charge on any atom is 0.172 e. The molecule has 5 nitrogen and oxygen atoms in total. The molecule has 1 aromatic carbocycles. The van der Waals surface area contributed by atoms with Crippen molar-refractivity contribution < 1.29 is 14.3 Å². The molecule has 1 aromatic rings. The van der Waals surface area contributed by atoms with Crippen LogP contribution in [0.25, 0.3) is 0 Å². The first-order valence-corrected chi connectivity index (χ1v) is 6.52. The molecule has 0 bridgehead atoms. The molecule has 1 fully saturated rings. The van der Waals surface area contributed by atoms with Crippen molar-refractivity contribution in [2.24, 2.45) is 10.9 Å². The zero-order valence-electron chi connectivity index (χ0n) is 11.9. The molecule has 1 saturated heterocycles. The molecule has 20 heavy (non-hydrogen) atoms. The van der Waals surface area contributed by atoms with Gasteiger partial charge < -0.3 is 20.6 Å². The number of ether oxygens (including phenoxy) is 1. The van der Waals surface area contributed by atoms with E-state index in [9.17, 15) is 4.39 Å². The van der Waals surface area contributed by atoms with Crippen LogP contribution in [0.2, 0.25) is 0 Å². The number of rotatable bonds is 2. The van der Waals surface area contributed by atoms with Gasteiger partial charge in [0.2, 0.25) is 0 Å². The minimum atomic E-state index is -0.420. The average Bonchev–Trinajstić information content (AvgIpc) is 2.35. The molecular weight excluding hydrogens is 261 g/mol. The van der Waals surface area contributed by atoms with Crippen molar-refractivity contribution >= 4 is 11.5 Å². The van der Waals surface area contributed by atoms with Crippen LogP contribution in [0.4, 0.5) is 10.1 Å². The highest BCUT2D eigenvalue weighted by Crippen LogP contribution is 2.29. The maximum absolute atomic E-state index is 13.4. The Morgan fingerprint density at radius 3 is 2.85 bits per heavy atom. The SMILES string of the molecule is CC1CN(c2ccc(F)cc2C(N)=NO)CC(C)(C)O1. The van der Waals surface area contributed by atoms with Crippen LogP contribution in [-0.2, 0) is 4.74 Å². The highest BCUT2D eigenvalue weighted by atomic mass is 19.1. The third-order valence-electron chi connectivity index (χ3n) is 3.25. The fraction of sp³-hybridized carbons (Fsp3) is 0.500. The van der Waals surface area contributed by atoms with Gasteiger partial charge in [0.05, 0.1) is 11.7 Å². The van der Waals surface area contributed by atoms with Crippen LogP contribution in [0.5, 0.6) is 0 Å². The van der Waals surface area contributed by atoms with Crippen LogP contribution in [-0.4, -0.2) is 35.8 Å². The van der Waals surface area contributed by atoms with Crippen molar-refractivity contribution in [1.29, 1.82) is 0 Å². The Hall–Kier alpha value is -1.82. The summed E-state index contributed by atoms with van der Waals surface area (Å²) < 4.78 is 19.3. The number of nitrogens with zero attached hydrogens (tertiary/aromatic N) is 2. The van der Waals surface area contributed by atoms with Crippen molar-refractivity contribution in [3.05, 3.63) is 29.6 Å². The van der Waals surface area contributed by atoms with E-state index in [1.807, 2.05) is 20.8 Å². The van der Waals surface area contributed by atoms with Gasteiger partial charge in [-0.15, -0.1) is 0 Å². The second kappa shape index (κ2) is 5.28. The molecule has 1 unspecified atom stereocenters. The number of morpholine rings is 1. The molecule has 0 spiro atoms.